The number of aromatic amines is 1. The van der Waals surface area contributed by atoms with Crippen molar-refractivity contribution in [2.75, 3.05) is 27.2 Å². The molecule has 0 aromatic carbocycles. The van der Waals surface area contributed by atoms with Crippen LogP contribution >= 0.6 is 11.3 Å². The summed E-state index contributed by atoms with van der Waals surface area (Å²) in [5.41, 5.74) is 2.32. The molecule has 3 rings (SSSR count). The lowest BCUT2D eigenvalue weighted by Crippen LogP contribution is -2.37. The lowest BCUT2D eigenvalue weighted by Gasteiger charge is -2.24. The molecule has 0 radical (unpaired) electrons. The van der Waals surface area contributed by atoms with E-state index < -0.39 is 0 Å². The number of amides is 1. The molecule has 0 saturated heterocycles. The number of hydrogen-bond donors (Lipinski definition) is 1. The number of nitrogens with zero attached hydrogens (tertiary/aromatic N) is 5. The first kappa shape index (κ1) is 15.7. The Labute approximate surface area is 138 Å². The molecule has 0 spiro atoms. The Morgan fingerprint density at radius 1 is 1.39 bits per heavy atom. The van der Waals surface area contributed by atoms with E-state index >= 15 is 0 Å². The molecule has 0 fully saturated rings. The fourth-order valence-corrected chi connectivity index (χ4v) is 3.21. The van der Waals surface area contributed by atoms with E-state index in [-0.39, 0.29) is 5.91 Å². The number of fused-ring (bicyclic) bond motifs is 1. The van der Waals surface area contributed by atoms with Crippen LogP contribution in [0.2, 0.25) is 0 Å². The van der Waals surface area contributed by atoms with Gasteiger partial charge in [-0.05, 0) is 21.0 Å². The first-order valence-corrected chi connectivity index (χ1v) is 8.27. The molecule has 0 bridgehead atoms. The maximum Gasteiger partial charge on any atom is 0.273 e. The number of hydrogen-bond acceptors (Lipinski definition) is 5. The summed E-state index contributed by atoms with van der Waals surface area (Å²) in [6.07, 6.45) is 5.28. The summed E-state index contributed by atoms with van der Waals surface area (Å²) in [7, 11) is 4.00. The van der Waals surface area contributed by atoms with Crippen molar-refractivity contribution in [1.29, 1.82) is 0 Å². The highest BCUT2D eigenvalue weighted by atomic mass is 32.1. The smallest absolute Gasteiger partial charge is 0.273 e. The van der Waals surface area contributed by atoms with Crippen LogP contribution in [-0.4, -0.2) is 62.2 Å². The lowest BCUT2D eigenvalue weighted by atomic mass is 10.2. The van der Waals surface area contributed by atoms with Crippen LogP contribution in [0, 0.1) is 6.92 Å². The first-order valence-electron chi connectivity index (χ1n) is 7.39. The van der Waals surface area contributed by atoms with Crippen LogP contribution in [0.25, 0.3) is 4.96 Å². The van der Waals surface area contributed by atoms with Crippen molar-refractivity contribution in [3.63, 3.8) is 0 Å². The summed E-state index contributed by atoms with van der Waals surface area (Å²) in [5.74, 6) is -0.00940. The topological polar surface area (TPSA) is 69.5 Å². The number of thiazole rings is 1. The van der Waals surface area contributed by atoms with Gasteiger partial charge in [0.15, 0.2) is 4.96 Å². The minimum absolute atomic E-state index is 0.00940. The van der Waals surface area contributed by atoms with Gasteiger partial charge in [0.05, 0.1) is 24.3 Å². The molecule has 1 amide bonds. The second-order valence-corrected chi connectivity index (χ2v) is 6.58. The van der Waals surface area contributed by atoms with Gasteiger partial charge in [0.2, 0.25) is 0 Å². The summed E-state index contributed by atoms with van der Waals surface area (Å²) in [4.78, 5) is 29.4. The predicted molar refractivity (Wildman–Crippen MR) is 89.7 cm³/mol. The largest absolute Gasteiger partial charge is 0.347 e. The number of H-pyrrole nitrogens is 1. The Morgan fingerprint density at radius 3 is 2.91 bits per heavy atom. The summed E-state index contributed by atoms with van der Waals surface area (Å²) in [6.45, 7) is 3.82. The van der Waals surface area contributed by atoms with Gasteiger partial charge in [-0.1, -0.05) is 0 Å². The molecule has 0 aliphatic carbocycles. The quantitative estimate of drug-likeness (QED) is 0.745. The van der Waals surface area contributed by atoms with Gasteiger partial charge in [0, 0.05) is 30.9 Å². The molecule has 0 atom stereocenters. The standard InChI is InChI=1S/C15H20N6OS/c1-11-13(21-6-7-23-15(21)18-11)14(22)20(5-4-19(2)3)9-12-8-16-10-17-12/h6-8,10H,4-5,9H2,1-3H3,(H,16,17). The van der Waals surface area contributed by atoms with Crippen molar-refractivity contribution >= 4 is 22.2 Å². The van der Waals surface area contributed by atoms with Gasteiger partial charge in [0.1, 0.15) is 5.69 Å². The Hall–Kier alpha value is -2.19. The molecule has 8 heteroatoms. The van der Waals surface area contributed by atoms with Gasteiger partial charge in [-0.3, -0.25) is 9.20 Å². The van der Waals surface area contributed by atoms with E-state index in [0.29, 0.717) is 18.8 Å². The summed E-state index contributed by atoms with van der Waals surface area (Å²) in [6, 6.07) is 0. The van der Waals surface area contributed by atoms with Crippen LogP contribution < -0.4 is 0 Å². The summed E-state index contributed by atoms with van der Waals surface area (Å²) >= 11 is 1.53. The zero-order chi connectivity index (χ0) is 16.4. The van der Waals surface area contributed by atoms with Gasteiger partial charge >= 0.3 is 0 Å². The fraction of sp³-hybridized carbons (Fsp3) is 0.400. The van der Waals surface area contributed by atoms with Gasteiger partial charge in [-0.25, -0.2) is 9.97 Å². The van der Waals surface area contributed by atoms with Crippen molar-refractivity contribution in [3.8, 4) is 0 Å². The predicted octanol–water partition coefficient (Wildman–Crippen LogP) is 1.63. The molecule has 0 saturated carbocycles. The number of imidazole rings is 2. The normalized spacial score (nSPS) is 11.5. The molecule has 7 nitrogen and oxygen atoms in total. The maximum atomic E-state index is 13.1. The van der Waals surface area contributed by atoms with E-state index in [1.54, 1.807) is 12.5 Å². The molecule has 1 N–H and O–H groups in total. The van der Waals surface area contributed by atoms with E-state index in [2.05, 4.69) is 19.9 Å². The van der Waals surface area contributed by atoms with Crippen molar-refractivity contribution in [3.05, 3.63) is 41.2 Å². The molecule has 23 heavy (non-hydrogen) atoms. The van der Waals surface area contributed by atoms with Crippen LogP contribution in [-0.2, 0) is 6.54 Å². The maximum absolute atomic E-state index is 13.1. The third-order valence-electron chi connectivity index (χ3n) is 3.66. The summed E-state index contributed by atoms with van der Waals surface area (Å²) in [5, 5.41) is 1.94. The average molecular weight is 332 g/mol. The van der Waals surface area contributed by atoms with Crippen molar-refractivity contribution < 1.29 is 4.79 Å². The molecular formula is C15H20N6OS. The number of aromatic nitrogens is 4. The molecule has 3 aromatic heterocycles. The summed E-state index contributed by atoms with van der Waals surface area (Å²) < 4.78 is 1.87. The average Bonchev–Trinajstić information content (AvgIpc) is 3.19. The van der Waals surface area contributed by atoms with Crippen LogP contribution in [0.15, 0.2) is 24.1 Å². The van der Waals surface area contributed by atoms with Crippen LogP contribution in [0.4, 0.5) is 0 Å². The third kappa shape index (κ3) is 3.27. The monoisotopic (exact) mass is 332 g/mol. The highest BCUT2D eigenvalue weighted by molar-refractivity contribution is 7.15. The van der Waals surface area contributed by atoms with E-state index in [1.165, 1.54) is 11.3 Å². The molecule has 0 aliphatic heterocycles. The Bertz CT molecular complexity index is 788. The molecular weight excluding hydrogens is 312 g/mol. The van der Waals surface area contributed by atoms with Gasteiger partial charge < -0.3 is 14.8 Å². The molecule has 0 aliphatic rings. The molecule has 122 valence electrons. The number of rotatable bonds is 6. The van der Waals surface area contributed by atoms with Crippen LogP contribution in [0.5, 0.6) is 0 Å². The SMILES string of the molecule is Cc1nc2sccn2c1C(=O)N(CCN(C)C)Cc1cnc[nH]1. The second-order valence-electron chi connectivity index (χ2n) is 5.71. The Kier molecular flexibility index (Phi) is 4.44. The van der Waals surface area contributed by atoms with E-state index in [1.807, 2.05) is 41.9 Å². The van der Waals surface area contributed by atoms with E-state index in [9.17, 15) is 4.79 Å². The number of carbonyl (C=O) groups is 1. The van der Waals surface area contributed by atoms with Crippen molar-refractivity contribution in [2.45, 2.75) is 13.5 Å². The molecule has 3 aromatic rings. The van der Waals surface area contributed by atoms with Crippen LogP contribution in [0.3, 0.4) is 0 Å². The van der Waals surface area contributed by atoms with Crippen LogP contribution in [0.1, 0.15) is 21.9 Å². The Balaban J connectivity index is 1.89. The lowest BCUT2D eigenvalue weighted by molar-refractivity contribution is 0.0722. The van der Waals surface area contributed by atoms with Gasteiger partial charge in [-0.15, -0.1) is 11.3 Å². The minimum Gasteiger partial charge on any atom is -0.347 e. The Morgan fingerprint density at radius 2 is 2.22 bits per heavy atom. The number of likely N-dealkylation sites (N-methyl/N-ethyl adjacent to an activating group) is 1. The second kappa shape index (κ2) is 6.51. The highest BCUT2D eigenvalue weighted by Crippen LogP contribution is 2.19. The third-order valence-corrected chi connectivity index (χ3v) is 4.42. The highest BCUT2D eigenvalue weighted by Gasteiger charge is 2.23. The van der Waals surface area contributed by atoms with Crippen molar-refractivity contribution in [2.24, 2.45) is 0 Å². The number of carbonyl (C=O) groups excluding carboxylic acids is 1. The van der Waals surface area contributed by atoms with Gasteiger partial charge in [-0.2, -0.15) is 0 Å². The molecule has 3 heterocycles. The minimum atomic E-state index is -0.00940. The van der Waals surface area contributed by atoms with Crippen molar-refractivity contribution in [1.82, 2.24) is 29.2 Å². The zero-order valence-electron chi connectivity index (χ0n) is 13.5. The fourth-order valence-electron chi connectivity index (χ4n) is 2.45. The number of nitrogens with one attached hydrogen (secondary N) is 1. The molecule has 0 unspecified atom stereocenters. The first-order chi connectivity index (χ1) is 11.1. The van der Waals surface area contributed by atoms with E-state index in [0.717, 1.165) is 22.9 Å². The zero-order valence-corrected chi connectivity index (χ0v) is 14.3. The number of aryl methyl sites for hydroxylation is 1. The van der Waals surface area contributed by atoms with E-state index in [4.69, 9.17) is 0 Å². The van der Waals surface area contributed by atoms with Gasteiger partial charge in [0.25, 0.3) is 5.91 Å².